The molecular weight excluding hydrogens is 278 g/mol. The number of aromatic nitrogens is 3. The normalized spacial score (nSPS) is 11.6. The van der Waals surface area contributed by atoms with Gasteiger partial charge in [0.2, 0.25) is 5.91 Å². The number of nitrogens with zero attached hydrogens (tertiary/aromatic N) is 3. The first-order valence-corrected chi connectivity index (χ1v) is 6.02. The van der Waals surface area contributed by atoms with Crippen LogP contribution in [0.1, 0.15) is 12.7 Å². The molecule has 6 nitrogen and oxygen atoms in total. The summed E-state index contributed by atoms with van der Waals surface area (Å²) >= 11 is 0. The molecular formula is C13H18ClN5O. The second-order valence-electron chi connectivity index (χ2n) is 4.49. The van der Waals surface area contributed by atoms with Crippen LogP contribution in [0.3, 0.4) is 0 Å². The van der Waals surface area contributed by atoms with Crippen LogP contribution < -0.4 is 11.1 Å². The van der Waals surface area contributed by atoms with Gasteiger partial charge in [-0.15, -0.1) is 22.6 Å². The molecule has 0 bridgehead atoms. The molecule has 0 aliphatic heterocycles. The maximum absolute atomic E-state index is 11.6. The summed E-state index contributed by atoms with van der Waals surface area (Å²) in [5, 5.41) is 10.9. The number of halogens is 1. The number of hydrogen-bond donors (Lipinski definition) is 2. The number of carbonyl (C=O) groups excluding carboxylic acids is 1. The summed E-state index contributed by atoms with van der Waals surface area (Å²) in [5.74, 6) is 1.38. The van der Waals surface area contributed by atoms with E-state index in [1.54, 1.807) is 6.92 Å². The zero-order valence-electron chi connectivity index (χ0n) is 11.6. The minimum atomic E-state index is -0.541. The van der Waals surface area contributed by atoms with Gasteiger partial charge in [-0.25, -0.2) is 0 Å². The molecule has 2 rings (SSSR count). The van der Waals surface area contributed by atoms with Crippen LogP contribution in [0.2, 0.25) is 0 Å². The van der Waals surface area contributed by atoms with Crippen LogP contribution in [-0.2, 0) is 11.8 Å². The van der Waals surface area contributed by atoms with Gasteiger partial charge < -0.3 is 15.6 Å². The van der Waals surface area contributed by atoms with Crippen molar-refractivity contribution in [3.8, 4) is 11.4 Å². The third-order valence-corrected chi connectivity index (χ3v) is 2.89. The monoisotopic (exact) mass is 295 g/mol. The highest BCUT2D eigenvalue weighted by Gasteiger charge is 2.10. The molecule has 0 saturated carbocycles. The van der Waals surface area contributed by atoms with Crippen LogP contribution in [0.5, 0.6) is 0 Å². The molecule has 0 aliphatic rings. The number of anilines is 1. The summed E-state index contributed by atoms with van der Waals surface area (Å²) in [6.07, 6.45) is 0. The highest BCUT2D eigenvalue weighted by Crippen LogP contribution is 2.21. The smallest absolute Gasteiger partial charge is 0.240 e. The standard InChI is InChI=1S/C13H17N5O.ClH/c1-8(14)13(19)15-11-6-4-5-10(7-11)12-17-16-9(2)18(12)3;/h4-8H,14H2,1-3H3,(H,15,19);1H. The number of aryl methyl sites for hydroxylation is 1. The van der Waals surface area contributed by atoms with Gasteiger partial charge in [-0.3, -0.25) is 4.79 Å². The Kier molecular flexibility index (Phi) is 5.24. The van der Waals surface area contributed by atoms with Crippen LogP contribution in [0, 0.1) is 6.92 Å². The van der Waals surface area contributed by atoms with E-state index in [1.807, 2.05) is 42.8 Å². The van der Waals surface area contributed by atoms with Crippen LogP contribution in [0.15, 0.2) is 24.3 Å². The largest absolute Gasteiger partial charge is 0.325 e. The number of nitrogens with two attached hydrogens (primary N) is 1. The lowest BCUT2D eigenvalue weighted by atomic mass is 10.2. The lowest BCUT2D eigenvalue weighted by molar-refractivity contribution is -0.117. The zero-order valence-corrected chi connectivity index (χ0v) is 12.4. The molecule has 3 N–H and O–H groups in total. The Bertz CT molecular complexity index is 609. The Labute approximate surface area is 123 Å². The van der Waals surface area contributed by atoms with Crippen molar-refractivity contribution in [2.75, 3.05) is 5.32 Å². The second-order valence-corrected chi connectivity index (χ2v) is 4.49. The van der Waals surface area contributed by atoms with Gasteiger partial charge in [0.15, 0.2) is 5.82 Å². The summed E-state index contributed by atoms with van der Waals surface area (Å²) in [4.78, 5) is 11.6. The molecule has 1 amide bonds. The first-order valence-electron chi connectivity index (χ1n) is 6.02. The van der Waals surface area contributed by atoms with Gasteiger partial charge in [0.1, 0.15) is 5.82 Å². The van der Waals surface area contributed by atoms with E-state index in [2.05, 4.69) is 15.5 Å². The minimum absolute atomic E-state index is 0. The maximum Gasteiger partial charge on any atom is 0.240 e. The highest BCUT2D eigenvalue weighted by molar-refractivity contribution is 5.94. The lowest BCUT2D eigenvalue weighted by Crippen LogP contribution is -2.32. The van der Waals surface area contributed by atoms with Crippen molar-refractivity contribution >= 4 is 24.0 Å². The Morgan fingerprint density at radius 3 is 2.65 bits per heavy atom. The minimum Gasteiger partial charge on any atom is -0.325 e. The van der Waals surface area contributed by atoms with Crippen molar-refractivity contribution in [1.29, 1.82) is 0 Å². The van der Waals surface area contributed by atoms with Gasteiger partial charge >= 0.3 is 0 Å². The fourth-order valence-electron chi connectivity index (χ4n) is 1.65. The lowest BCUT2D eigenvalue weighted by Gasteiger charge is -2.09. The molecule has 1 heterocycles. The fraction of sp³-hybridized carbons (Fsp3) is 0.308. The number of benzene rings is 1. The van der Waals surface area contributed by atoms with E-state index in [9.17, 15) is 4.79 Å². The SMILES string of the molecule is Cc1nnc(-c2cccc(NC(=O)C(C)N)c2)n1C.Cl. The second kappa shape index (κ2) is 6.49. The van der Waals surface area contributed by atoms with E-state index in [0.717, 1.165) is 17.2 Å². The van der Waals surface area contributed by atoms with Crippen LogP contribution in [0.4, 0.5) is 5.69 Å². The van der Waals surface area contributed by atoms with Crippen molar-refractivity contribution in [3.05, 3.63) is 30.1 Å². The molecule has 2 aromatic rings. The molecule has 1 aromatic heterocycles. The van der Waals surface area contributed by atoms with Gasteiger partial charge in [-0.05, 0) is 26.0 Å². The third kappa shape index (κ3) is 3.34. The predicted octanol–water partition coefficient (Wildman–Crippen LogP) is 1.50. The first-order chi connectivity index (χ1) is 8.99. The van der Waals surface area contributed by atoms with Gasteiger partial charge in [-0.2, -0.15) is 0 Å². The van der Waals surface area contributed by atoms with Gasteiger partial charge in [0, 0.05) is 18.3 Å². The maximum atomic E-state index is 11.6. The Balaban J connectivity index is 0.00000200. The topological polar surface area (TPSA) is 85.8 Å². The molecule has 0 fully saturated rings. The molecule has 1 aromatic carbocycles. The summed E-state index contributed by atoms with van der Waals surface area (Å²) in [6, 6.07) is 6.90. The summed E-state index contributed by atoms with van der Waals surface area (Å²) < 4.78 is 1.90. The van der Waals surface area contributed by atoms with E-state index >= 15 is 0 Å². The fourth-order valence-corrected chi connectivity index (χ4v) is 1.65. The van der Waals surface area contributed by atoms with Crippen molar-refractivity contribution in [3.63, 3.8) is 0 Å². The van der Waals surface area contributed by atoms with Crippen LogP contribution >= 0.6 is 12.4 Å². The van der Waals surface area contributed by atoms with E-state index in [-0.39, 0.29) is 18.3 Å². The number of amides is 1. The number of hydrogen-bond acceptors (Lipinski definition) is 4. The van der Waals surface area contributed by atoms with E-state index in [1.165, 1.54) is 0 Å². The molecule has 108 valence electrons. The van der Waals surface area contributed by atoms with Crippen LogP contribution in [-0.4, -0.2) is 26.7 Å². The summed E-state index contributed by atoms with van der Waals surface area (Å²) in [6.45, 7) is 3.53. The number of rotatable bonds is 3. The molecule has 0 saturated heterocycles. The highest BCUT2D eigenvalue weighted by atomic mass is 35.5. The van der Waals surface area contributed by atoms with Gasteiger partial charge in [0.25, 0.3) is 0 Å². The zero-order chi connectivity index (χ0) is 14.0. The van der Waals surface area contributed by atoms with Crippen molar-refractivity contribution in [1.82, 2.24) is 14.8 Å². The van der Waals surface area contributed by atoms with Crippen molar-refractivity contribution in [2.45, 2.75) is 19.9 Å². The third-order valence-electron chi connectivity index (χ3n) is 2.89. The molecule has 20 heavy (non-hydrogen) atoms. The first kappa shape index (κ1) is 16.1. The summed E-state index contributed by atoms with van der Waals surface area (Å²) in [7, 11) is 1.90. The Hall–Kier alpha value is -1.92. The molecule has 0 spiro atoms. The van der Waals surface area contributed by atoms with Crippen LogP contribution in [0.25, 0.3) is 11.4 Å². The molecule has 1 atom stereocenters. The predicted molar refractivity (Wildman–Crippen MR) is 80.7 cm³/mol. The number of carbonyl (C=O) groups is 1. The average molecular weight is 296 g/mol. The Morgan fingerprint density at radius 2 is 2.10 bits per heavy atom. The quantitative estimate of drug-likeness (QED) is 0.898. The van der Waals surface area contributed by atoms with Crippen molar-refractivity contribution in [2.24, 2.45) is 12.8 Å². The van der Waals surface area contributed by atoms with Crippen molar-refractivity contribution < 1.29 is 4.79 Å². The Morgan fingerprint density at radius 1 is 1.40 bits per heavy atom. The van der Waals surface area contributed by atoms with E-state index < -0.39 is 6.04 Å². The van der Waals surface area contributed by atoms with E-state index in [0.29, 0.717) is 5.69 Å². The molecule has 0 radical (unpaired) electrons. The van der Waals surface area contributed by atoms with E-state index in [4.69, 9.17) is 5.73 Å². The van der Waals surface area contributed by atoms with Gasteiger partial charge in [0.05, 0.1) is 6.04 Å². The number of nitrogens with one attached hydrogen (secondary N) is 1. The molecule has 7 heteroatoms. The summed E-state index contributed by atoms with van der Waals surface area (Å²) in [5.41, 5.74) is 7.11. The molecule has 1 unspecified atom stereocenters. The average Bonchev–Trinajstić information content (AvgIpc) is 2.70. The molecule has 0 aliphatic carbocycles. The van der Waals surface area contributed by atoms with Gasteiger partial charge in [-0.1, -0.05) is 12.1 Å².